The van der Waals surface area contributed by atoms with Crippen molar-refractivity contribution in [2.24, 2.45) is 0 Å². The van der Waals surface area contributed by atoms with Crippen molar-refractivity contribution < 1.29 is 38.5 Å². The van der Waals surface area contributed by atoms with Crippen LogP contribution in [-0.4, -0.2) is 35.5 Å². The Morgan fingerprint density at radius 3 is 2.21 bits per heavy atom. The van der Waals surface area contributed by atoms with Gasteiger partial charge in [-0.15, -0.1) is 6.58 Å². The zero-order valence-corrected chi connectivity index (χ0v) is 25.6. The van der Waals surface area contributed by atoms with Gasteiger partial charge in [0, 0.05) is 5.56 Å². The van der Waals surface area contributed by atoms with Gasteiger partial charge in [-0.2, -0.15) is 0 Å². The molecule has 0 atom stereocenters. The van der Waals surface area contributed by atoms with Gasteiger partial charge in [0.05, 0.1) is 17.9 Å². The van der Waals surface area contributed by atoms with Crippen LogP contribution in [0.25, 0.3) is 6.08 Å². The second-order valence-corrected chi connectivity index (χ2v) is 10.4. The molecule has 0 unspecified atom stereocenters. The molecule has 4 amide bonds. The second kappa shape index (κ2) is 14.7. The Labute approximate surface area is 271 Å². The van der Waals surface area contributed by atoms with Gasteiger partial charge in [0.15, 0.2) is 11.5 Å². The molecule has 10 heteroatoms. The smallest absolute Gasteiger partial charge is 0.335 e. The fourth-order valence-corrected chi connectivity index (χ4v) is 4.89. The summed E-state index contributed by atoms with van der Waals surface area (Å²) in [6, 6.07) is 24.9. The van der Waals surface area contributed by atoms with Gasteiger partial charge in [-0.1, -0.05) is 48.5 Å². The summed E-state index contributed by atoms with van der Waals surface area (Å²) < 4.78 is 17.8. The highest BCUT2D eigenvalue weighted by Crippen LogP contribution is 2.36. The van der Waals surface area contributed by atoms with Gasteiger partial charge in [-0.25, -0.2) is 14.5 Å². The minimum Gasteiger partial charge on any atom is -0.490 e. The molecule has 1 aliphatic heterocycles. The van der Waals surface area contributed by atoms with E-state index in [4.69, 9.17) is 19.3 Å². The summed E-state index contributed by atoms with van der Waals surface area (Å²) >= 11 is 0. The molecule has 4 aromatic rings. The van der Waals surface area contributed by atoms with Gasteiger partial charge in [0.1, 0.15) is 24.5 Å². The van der Waals surface area contributed by atoms with Gasteiger partial charge in [-0.05, 0) is 84.6 Å². The molecule has 4 aromatic carbocycles. The molecule has 10 nitrogen and oxygen atoms in total. The van der Waals surface area contributed by atoms with Crippen LogP contribution in [0.2, 0.25) is 0 Å². The zero-order chi connectivity index (χ0) is 33.3. The van der Waals surface area contributed by atoms with Crippen molar-refractivity contribution in [2.45, 2.75) is 26.6 Å². The van der Waals surface area contributed by atoms with E-state index in [9.17, 15) is 19.2 Å². The van der Waals surface area contributed by atoms with Crippen LogP contribution in [0.15, 0.2) is 109 Å². The number of carboxylic acid groups (broad SMARTS) is 1. The number of carboxylic acids is 1. The molecule has 0 spiro atoms. The summed E-state index contributed by atoms with van der Waals surface area (Å²) in [6.07, 6.45) is 3.47. The standard InChI is InChI=1S/C37H32N2O8/c1-3-8-28-19-26(21-32(45-4-2)33(28)47-23-25-11-13-27(14-12-25)36(42)43)20-31-34(40)38-37(44)39(35(31)41)29-15-17-30(18-16-29)46-22-24-9-6-5-7-10-24/h3,5-7,9-21H,1,4,8,22-23H2,2H3,(H,42,43)(H,38,40,44)/b31-20+. The van der Waals surface area contributed by atoms with E-state index in [2.05, 4.69) is 11.9 Å². The van der Waals surface area contributed by atoms with Crippen LogP contribution in [0.1, 0.15) is 39.5 Å². The molecular formula is C37H32N2O8. The Morgan fingerprint density at radius 2 is 1.55 bits per heavy atom. The molecule has 0 radical (unpaired) electrons. The molecule has 0 saturated carbocycles. The number of anilines is 1. The Morgan fingerprint density at radius 1 is 0.872 bits per heavy atom. The third kappa shape index (κ3) is 7.74. The van der Waals surface area contributed by atoms with E-state index in [0.29, 0.717) is 48.0 Å². The summed E-state index contributed by atoms with van der Waals surface area (Å²) in [6.45, 7) is 6.44. The number of hydrogen-bond acceptors (Lipinski definition) is 7. The van der Waals surface area contributed by atoms with Crippen LogP contribution in [-0.2, 0) is 29.2 Å². The fourth-order valence-electron chi connectivity index (χ4n) is 4.89. The van der Waals surface area contributed by atoms with Gasteiger partial charge in [0.25, 0.3) is 11.8 Å². The number of hydrogen-bond donors (Lipinski definition) is 2. The molecule has 47 heavy (non-hydrogen) atoms. The Balaban J connectivity index is 1.39. The van der Waals surface area contributed by atoms with Crippen molar-refractivity contribution in [1.82, 2.24) is 5.32 Å². The number of nitrogens with one attached hydrogen (secondary N) is 1. The summed E-state index contributed by atoms with van der Waals surface area (Å²) in [5.74, 6) is -1.26. The Kier molecular flexibility index (Phi) is 10.1. The third-order valence-electron chi connectivity index (χ3n) is 7.16. The first kappa shape index (κ1) is 32.2. The maximum atomic E-state index is 13.6. The number of imide groups is 2. The van der Waals surface area contributed by atoms with Gasteiger partial charge >= 0.3 is 12.0 Å². The highest BCUT2D eigenvalue weighted by molar-refractivity contribution is 6.39. The predicted molar refractivity (Wildman–Crippen MR) is 175 cm³/mol. The highest BCUT2D eigenvalue weighted by Gasteiger charge is 2.37. The molecule has 1 aliphatic rings. The van der Waals surface area contributed by atoms with Crippen LogP contribution < -0.4 is 24.4 Å². The van der Waals surface area contributed by atoms with Crippen LogP contribution in [0.4, 0.5) is 10.5 Å². The summed E-state index contributed by atoms with van der Waals surface area (Å²) in [5.41, 5.74) is 3.08. The van der Waals surface area contributed by atoms with E-state index in [0.717, 1.165) is 16.0 Å². The Hall–Kier alpha value is -6.16. The van der Waals surface area contributed by atoms with E-state index in [1.807, 2.05) is 37.3 Å². The summed E-state index contributed by atoms with van der Waals surface area (Å²) in [4.78, 5) is 51.4. The number of carbonyl (C=O) groups is 4. The molecule has 1 saturated heterocycles. The van der Waals surface area contributed by atoms with E-state index < -0.39 is 23.8 Å². The average Bonchev–Trinajstić information content (AvgIpc) is 3.07. The number of rotatable bonds is 13. The number of barbiturate groups is 1. The first-order valence-corrected chi connectivity index (χ1v) is 14.8. The molecule has 238 valence electrons. The van der Waals surface area contributed by atoms with Crippen molar-refractivity contribution in [3.05, 3.63) is 137 Å². The van der Waals surface area contributed by atoms with Gasteiger partial charge in [0.2, 0.25) is 0 Å². The second-order valence-electron chi connectivity index (χ2n) is 10.4. The third-order valence-corrected chi connectivity index (χ3v) is 7.16. The number of urea groups is 1. The summed E-state index contributed by atoms with van der Waals surface area (Å²) in [5, 5.41) is 11.4. The van der Waals surface area contributed by atoms with Crippen molar-refractivity contribution in [1.29, 1.82) is 0 Å². The van der Waals surface area contributed by atoms with Crippen LogP contribution in [0, 0.1) is 0 Å². The van der Waals surface area contributed by atoms with Crippen LogP contribution in [0.5, 0.6) is 17.2 Å². The molecule has 1 fully saturated rings. The highest BCUT2D eigenvalue weighted by atomic mass is 16.5. The number of nitrogens with zero attached hydrogens (tertiary/aromatic N) is 1. The van der Waals surface area contributed by atoms with E-state index >= 15 is 0 Å². The van der Waals surface area contributed by atoms with Crippen LogP contribution in [0.3, 0.4) is 0 Å². The first-order chi connectivity index (χ1) is 22.8. The SMILES string of the molecule is C=CCc1cc(/C=C2\C(=O)NC(=O)N(c3ccc(OCc4ccccc4)cc3)C2=O)cc(OCC)c1OCc1ccc(C(=O)O)cc1. The number of aromatic carboxylic acids is 1. The maximum Gasteiger partial charge on any atom is 0.335 e. The average molecular weight is 633 g/mol. The molecule has 0 aromatic heterocycles. The monoisotopic (exact) mass is 632 g/mol. The zero-order valence-electron chi connectivity index (χ0n) is 25.6. The molecule has 5 rings (SSSR count). The van der Waals surface area contributed by atoms with E-state index in [1.165, 1.54) is 18.2 Å². The quantitative estimate of drug-likeness (QED) is 0.0993. The van der Waals surface area contributed by atoms with Crippen molar-refractivity contribution in [2.75, 3.05) is 11.5 Å². The predicted octanol–water partition coefficient (Wildman–Crippen LogP) is 6.34. The minimum atomic E-state index is -1.02. The molecule has 0 bridgehead atoms. The lowest BCUT2D eigenvalue weighted by Gasteiger charge is -2.26. The number of ether oxygens (including phenoxy) is 3. The van der Waals surface area contributed by atoms with E-state index in [-0.39, 0.29) is 23.4 Å². The van der Waals surface area contributed by atoms with Crippen molar-refractivity contribution in [3.63, 3.8) is 0 Å². The van der Waals surface area contributed by atoms with Crippen molar-refractivity contribution >= 4 is 35.6 Å². The van der Waals surface area contributed by atoms with Gasteiger partial charge in [-0.3, -0.25) is 14.9 Å². The normalized spacial score (nSPS) is 13.7. The summed E-state index contributed by atoms with van der Waals surface area (Å²) in [7, 11) is 0. The number of carbonyl (C=O) groups excluding carboxylic acids is 3. The number of allylic oxidation sites excluding steroid dienone is 1. The van der Waals surface area contributed by atoms with E-state index in [1.54, 1.807) is 54.6 Å². The maximum absolute atomic E-state index is 13.6. The largest absolute Gasteiger partial charge is 0.490 e. The Bertz CT molecular complexity index is 1830. The number of benzene rings is 4. The minimum absolute atomic E-state index is 0.138. The first-order valence-electron chi connectivity index (χ1n) is 14.8. The van der Waals surface area contributed by atoms with Crippen LogP contribution >= 0.6 is 0 Å². The molecule has 2 N–H and O–H groups in total. The molecular weight excluding hydrogens is 600 g/mol. The van der Waals surface area contributed by atoms with Gasteiger partial charge < -0.3 is 19.3 Å². The molecule has 1 heterocycles. The lowest BCUT2D eigenvalue weighted by molar-refractivity contribution is -0.122. The lowest BCUT2D eigenvalue weighted by Crippen LogP contribution is -2.54. The lowest BCUT2D eigenvalue weighted by atomic mass is 10.0. The fraction of sp³-hybridized carbons (Fsp3) is 0.135. The topological polar surface area (TPSA) is 131 Å². The number of amides is 4. The van der Waals surface area contributed by atoms with Crippen molar-refractivity contribution in [3.8, 4) is 17.2 Å². The molecule has 0 aliphatic carbocycles.